The van der Waals surface area contributed by atoms with Crippen molar-refractivity contribution in [3.8, 4) is 0 Å². The summed E-state index contributed by atoms with van der Waals surface area (Å²) in [5.74, 6) is -1.67. The van der Waals surface area contributed by atoms with E-state index in [9.17, 15) is 18.8 Å². The zero-order valence-corrected chi connectivity index (χ0v) is 16.2. The number of benzene rings is 1. The van der Waals surface area contributed by atoms with Gasteiger partial charge in [-0.1, -0.05) is 13.0 Å². The van der Waals surface area contributed by atoms with Crippen LogP contribution in [0.4, 0.5) is 14.9 Å². The zero-order chi connectivity index (χ0) is 20.4. The molecule has 8 heteroatoms. The molecule has 0 bridgehead atoms. The highest BCUT2D eigenvalue weighted by atomic mass is 19.1. The summed E-state index contributed by atoms with van der Waals surface area (Å²) in [7, 11) is 1.21. The Balaban J connectivity index is 2.31. The molecule has 0 spiro atoms. The van der Waals surface area contributed by atoms with Crippen molar-refractivity contribution in [1.29, 1.82) is 0 Å². The monoisotopic (exact) mass is 380 g/mol. The standard InChI is InChI=1S/C19H25FN2O5/c1-6-13(21-18(25)27-19(2,3)4)16(23)22-14-9-7-8-12(20)11(14)10-15(22)17(24)26-5/h7-9,13,15H,6,10H2,1-5H3,(H,21,25)/t13-,15?/m0/s1. The number of nitrogens with one attached hydrogen (secondary N) is 1. The summed E-state index contributed by atoms with van der Waals surface area (Å²) in [5.41, 5.74) is -0.142. The third-order valence-electron chi connectivity index (χ3n) is 4.17. The molecule has 1 heterocycles. The molecule has 7 nitrogen and oxygen atoms in total. The van der Waals surface area contributed by atoms with E-state index < -0.39 is 41.5 Å². The second kappa shape index (κ2) is 7.94. The van der Waals surface area contributed by atoms with Crippen LogP contribution in [0.5, 0.6) is 0 Å². The molecule has 1 unspecified atom stereocenters. The van der Waals surface area contributed by atoms with E-state index in [1.54, 1.807) is 33.8 Å². The van der Waals surface area contributed by atoms with E-state index in [-0.39, 0.29) is 18.4 Å². The summed E-state index contributed by atoms with van der Waals surface area (Å²) in [5, 5.41) is 2.52. The van der Waals surface area contributed by atoms with Gasteiger partial charge in [0.25, 0.3) is 5.91 Å². The first-order chi connectivity index (χ1) is 12.6. The molecule has 0 saturated carbocycles. The topological polar surface area (TPSA) is 84.9 Å². The summed E-state index contributed by atoms with van der Waals surface area (Å²) in [6.07, 6.45) is -0.452. The van der Waals surface area contributed by atoms with Gasteiger partial charge in [-0.05, 0) is 39.3 Å². The lowest BCUT2D eigenvalue weighted by Crippen LogP contribution is -2.53. The van der Waals surface area contributed by atoms with Crippen LogP contribution >= 0.6 is 0 Å². The molecule has 1 aromatic carbocycles. The second-order valence-electron chi connectivity index (χ2n) is 7.30. The number of ether oxygens (including phenoxy) is 2. The Hall–Kier alpha value is -2.64. The van der Waals surface area contributed by atoms with Gasteiger partial charge in [0.05, 0.1) is 12.8 Å². The smallest absolute Gasteiger partial charge is 0.408 e. The molecule has 2 atom stereocenters. The first-order valence-corrected chi connectivity index (χ1v) is 8.76. The van der Waals surface area contributed by atoms with Crippen LogP contribution in [0.1, 0.15) is 39.7 Å². The predicted molar refractivity (Wildman–Crippen MR) is 96.8 cm³/mol. The minimum Gasteiger partial charge on any atom is -0.467 e. The highest BCUT2D eigenvalue weighted by molar-refractivity contribution is 6.05. The molecule has 2 rings (SSSR count). The number of fused-ring (bicyclic) bond motifs is 1. The lowest BCUT2D eigenvalue weighted by atomic mass is 10.1. The van der Waals surface area contributed by atoms with Gasteiger partial charge in [-0.15, -0.1) is 0 Å². The molecular weight excluding hydrogens is 355 g/mol. The Morgan fingerprint density at radius 2 is 2.00 bits per heavy atom. The maximum Gasteiger partial charge on any atom is 0.408 e. The van der Waals surface area contributed by atoms with Gasteiger partial charge in [-0.2, -0.15) is 0 Å². The molecule has 0 saturated heterocycles. The number of methoxy groups -OCH3 is 1. The molecule has 0 radical (unpaired) electrons. The first-order valence-electron chi connectivity index (χ1n) is 8.76. The van der Waals surface area contributed by atoms with Crippen LogP contribution in [0, 0.1) is 5.82 Å². The van der Waals surface area contributed by atoms with E-state index in [0.29, 0.717) is 5.69 Å². The summed E-state index contributed by atoms with van der Waals surface area (Å²) < 4.78 is 24.1. The van der Waals surface area contributed by atoms with Gasteiger partial charge in [0.1, 0.15) is 23.5 Å². The highest BCUT2D eigenvalue weighted by Gasteiger charge is 2.42. The molecule has 148 valence electrons. The van der Waals surface area contributed by atoms with Crippen molar-refractivity contribution in [1.82, 2.24) is 5.32 Å². The lowest BCUT2D eigenvalue weighted by molar-refractivity contribution is -0.143. The highest BCUT2D eigenvalue weighted by Crippen LogP contribution is 2.35. The minimum absolute atomic E-state index is 0.0172. The molecule has 1 aliphatic rings. The molecule has 0 aliphatic carbocycles. The van der Waals surface area contributed by atoms with Crippen molar-refractivity contribution in [2.75, 3.05) is 12.0 Å². The number of hydrogen-bond acceptors (Lipinski definition) is 5. The zero-order valence-electron chi connectivity index (χ0n) is 16.2. The van der Waals surface area contributed by atoms with Crippen molar-refractivity contribution in [3.63, 3.8) is 0 Å². The van der Waals surface area contributed by atoms with Crippen molar-refractivity contribution < 1.29 is 28.2 Å². The Labute approximate surface area is 157 Å². The quantitative estimate of drug-likeness (QED) is 0.812. The number of carbonyl (C=O) groups is 3. The first kappa shape index (κ1) is 20.7. The maximum absolute atomic E-state index is 14.2. The number of amides is 2. The minimum atomic E-state index is -0.983. The number of hydrogen-bond donors (Lipinski definition) is 1. The van der Waals surface area contributed by atoms with E-state index in [1.165, 1.54) is 24.1 Å². The Bertz CT molecular complexity index is 744. The van der Waals surface area contributed by atoms with Crippen LogP contribution in [0.2, 0.25) is 0 Å². The number of rotatable bonds is 4. The van der Waals surface area contributed by atoms with E-state index in [4.69, 9.17) is 9.47 Å². The molecule has 0 fully saturated rings. The third-order valence-corrected chi connectivity index (χ3v) is 4.17. The maximum atomic E-state index is 14.2. The van der Waals surface area contributed by atoms with Gasteiger partial charge in [-0.25, -0.2) is 14.0 Å². The lowest BCUT2D eigenvalue weighted by Gasteiger charge is -2.29. The molecular formula is C19H25FN2O5. The van der Waals surface area contributed by atoms with E-state index in [1.807, 2.05) is 0 Å². The van der Waals surface area contributed by atoms with Crippen molar-refractivity contribution in [2.24, 2.45) is 0 Å². The number of anilines is 1. The van der Waals surface area contributed by atoms with Crippen molar-refractivity contribution in [2.45, 2.75) is 58.2 Å². The third kappa shape index (κ3) is 4.56. The number of esters is 1. The normalized spacial score (nSPS) is 17.1. The fraction of sp³-hybridized carbons (Fsp3) is 0.526. The fourth-order valence-electron chi connectivity index (χ4n) is 2.98. The van der Waals surface area contributed by atoms with Gasteiger partial charge in [0.2, 0.25) is 0 Å². The summed E-state index contributed by atoms with van der Waals surface area (Å²) in [6, 6.07) is 2.40. The predicted octanol–water partition coefficient (Wildman–Crippen LogP) is 2.56. The van der Waals surface area contributed by atoms with Crippen molar-refractivity contribution in [3.05, 3.63) is 29.6 Å². The summed E-state index contributed by atoms with van der Waals surface area (Å²) >= 11 is 0. The summed E-state index contributed by atoms with van der Waals surface area (Å²) in [4.78, 5) is 38.6. The molecule has 1 N–H and O–H groups in total. The largest absolute Gasteiger partial charge is 0.467 e. The number of nitrogens with zero attached hydrogens (tertiary/aromatic N) is 1. The van der Waals surface area contributed by atoms with Gasteiger partial charge < -0.3 is 14.8 Å². The number of alkyl carbamates (subject to hydrolysis) is 1. The van der Waals surface area contributed by atoms with Gasteiger partial charge in [0.15, 0.2) is 0 Å². The van der Waals surface area contributed by atoms with Gasteiger partial charge >= 0.3 is 12.1 Å². The average Bonchev–Trinajstić information content (AvgIpc) is 2.97. The number of carbonyl (C=O) groups excluding carboxylic acids is 3. The average molecular weight is 380 g/mol. The summed E-state index contributed by atoms with van der Waals surface area (Å²) in [6.45, 7) is 6.85. The van der Waals surface area contributed by atoms with Crippen LogP contribution in [-0.4, -0.2) is 42.8 Å². The molecule has 2 amide bonds. The van der Waals surface area contributed by atoms with Crippen LogP contribution in [0.25, 0.3) is 0 Å². The Morgan fingerprint density at radius 1 is 1.33 bits per heavy atom. The van der Waals surface area contributed by atoms with Crippen molar-refractivity contribution >= 4 is 23.7 Å². The fourth-order valence-corrected chi connectivity index (χ4v) is 2.98. The Kier molecular flexibility index (Phi) is 6.08. The van der Waals surface area contributed by atoms with Crippen LogP contribution in [-0.2, 0) is 25.5 Å². The van der Waals surface area contributed by atoms with Crippen LogP contribution < -0.4 is 10.2 Å². The SMILES string of the molecule is CC[C@H](NC(=O)OC(C)(C)C)C(=O)N1c2cccc(F)c2CC1C(=O)OC. The van der Waals surface area contributed by atoms with E-state index in [2.05, 4.69) is 5.32 Å². The number of halogens is 1. The molecule has 0 aromatic heterocycles. The van der Waals surface area contributed by atoms with Crippen LogP contribution in [0.3, 0.4) is 0 Å². The van der Waals surface area contributed by atoms with Gasteiger partial charge in [0, 0.05) is 12.0 Å². The van der Waals surface area contributed by atoms with E-state index >= 15 is 0 Å². The molecule has 27 heavy (non-hydrogen) atoms. The molecule has 1 aromatic rings. The Morgan fingerprint density at radius 3 is 2.56 bits per heavy atom. The van der Waals surface area contributed by atoms with E-state index in [0.717, 1.165) is 0 Å². The second-order valence-corrected chi connectivity index (χ2v) is 7.30. The van der Waals surface area contributed by atoms with Gasteiger partial charge in [-0.3, -0.25) is 9.69 Å². The van der Waals surface area contributed by atoms with Crippen LogP contribution in [0.15, 0.2) is 18.2 Å². The molecule has 1 aliphatic heterocycles.